The summed E-state index contributed by atoms with van der Waals surface area (Å²) < 4.78 is 11.7. The van der Waals surface area contributed by atoms with Gasteiger partial charge in [-0.05, 0) is 48.7 Å². The number of ether oxygens (including phenoxy) is 2. The summed E-state index contributed by atoms with van der Waals surface area (Å²) in [5, 5.41) is 0.473. The molecular weight excluding hydrogens is 307 g/mol. The molecule has 2 aromatic rings. The van der Waals surface area contributed by atoms with Crippen molar-refractivity contribution >= 4 is 23.2 Å². The summed E-state index contributed by atoms with van der Waals surface area (Å²) in [4.78, 5) is 0. The molecule has 1 aliphatic rings. The van der Waals surface area contributed by atoms with Crippen LogP contribution < -0.4 is 9.47 Å². The Bertz CT molecular complexity index is 670. The van der Waals surface area contributed by atoms with E-state index >= 15 is 0 Å². The predicted molar refractivity (Wildman–Crippen MR) is 85.9 cm³/mol. The van der Waals surface area contributed by atoms with E-state index < -0.39 is 0 Å². The van der Waals surface area contributed by atoms with Gasteiger partial charge in [-0.25, -0.2) is 0 Å². The first-order valence-electron chi connectivity index (χ1n) is 6.85. The molecule has 3 rings (SSSR count). The molecule has 21 heavy (non-hydrogen) atoms. The number of halogens is 2. The molecule has 0 bridgehead atoms. The minimum atomic E-state index is -0.283. The van der Waals surface area contributed by atoms with E-state index in [9.17, 15) is 0 Å². The van der Waals surface area contributed by atoms with Gasteiger partial charge < -0.3 is 9.47 Å². The molecule has 0 amide bonds. The average Bonchev–Trinajstić information content (AvgIpc) is 2.50. The van der Waals surface area contributed by atoms with Crippen LogP contribution in [0.4, 0.5) is 0 Å². The van der Waals surface area contributed by atoms with Crippen LogP contribution in [0.2, 0.25) is 5.02 Å². The monoisotopic (exact) mass is 322 g/mol. The van der Waals surface area contributed by atoms with E-state index in [1.807, 2.05) is 50.2 Å². The van der Waals surface area contributed by atoms with E-state index in [2.05, 4.69) is 0 Å². The summed E-state index contributed by atoms with van der Waals surface area (Å²) >= 11 is 12.8. The van der Waals surface area contributed by atoms with Crippen molar-refractivity contribution in [2.75, 3.05) is 6.61 Å². The highest BCUT2D eigenvalue weighted by atomic mass is 35.5. The Hall–Kier alpha value is -1.38. The van der Waals surface area contributed by atoms with Crippen LogP contribution in [0.25, 0.3) is 0 Å². The molecular formula is C17H16Cl2O2. The van der Waals surface area contributed by atoms with Crippen LogP contribution in [0.3, 0.4) is 0 Å². The molecule has 1 aliphatic heterocycles. The normalized spacial score (nSPS) is 18.4. The SMILES string of the molecule is Cc1cc(C(Cl)C2COc3ccccc3O2)c(C)cc1Cl. The van der Waals surface area contributed by atoms with Gasteiger partial charge in [-0.2, -0.15) is 0 Å². The number of benzene rings is 2. The minimum Gasteiger partial charge on any atom is -0.486 e. The topological polar surface area (TPSA) is 18.5 Å². The Balaban J connectivity index is 1.87. The Morgan fingerprint density at radius 3 is 2.57 bits per heavy atom. The van der Waals surface area contributed by atoms with Gasteiger partial charge in [0, 0.05) is 5.02 Å². The van der Waals surface area contributed by atoms with Crippen LogP contribution in [-0.4, -0.2) is 12.7 Å². The minimum absolute atomic E-state index is 0.221. The van der Waals surface area contributed by atoms with E-state index in [1.165, 1.54) is 0 Å². The van der Waals surface area contributed by atoms with Gasteiger partial charge in [-0.1, -0.05) is 29.8 Å². The molecule has 2 nitrogen and oxygen atoms in total. The molecule has 2 unspecified atom stereocenters. The molecule has 4 heteroatoms. The lowest BCUT2D eigenvalue weighted by atomic mass is 9.99. The van der Waals surface area contributed by atoms with Crippen molar-refractivity contribution < 1.29 is 9.47 Å². The zero-order chi connectivity index (χ0) is 15.0. The largest absolute Gasteiger partial charge is 0.486 e. The van der Waals surface area contributed by atoms with Gasteiger partial charge in [0.05, 0.1) is 5.38 Å². The fraction of sp³-hybridized carbons (Fsp3) is 0.294. The number of para-hydroxylation sites is 2. The molecule has 110 valence electrons. The van der Waals surface area contributed by atoms with Crippen molar-refractivity contribution in [3.8, 4) is 11.5 Å². The summed E-state index contributed by atoms with van der Waals surface area (Å²) in [6, 6.07) is 11.6. The van der Waals surface area contributed by atoms with Crippen molar-refractivity contribution in [1.82, 2.24) is 0 Å². The maximum Gasteiger partial charge on any atom is 0.161 e. The van der Waals surface area contributed by atoms with E-state index in [1.54, 1.807) is 0 Å². The quantitative estimate of drug-likeness (QED) is 0.718. The number of aryl methyl sites for hydroxylation is 2. The van der Waals surface area contributed by atoms with Crippen LogP contribution in [0.5, 0.6) is 11.5 Å². The number of rotatable bonds is 2. The Labute approximate surface area is 134 Å². The molecule has 0 aliphatic carbocycles. The second-order valence-corrected chi connectivity index (χ2v) is 6.15. The van der Waals surface area contributed by atoms with Crippen LogP contribution >= 0.6 is 23.2 Å². The highest BCUT2D eigenvalue weighted by Crippen LogP contribution is 2.38. The fourth-order valence-corrected chi connectivity index (χ4v) is 3.06. The lowest BCUT2D eigenvalue weighted by Gasteiger charge is -2.30. The van der Waals surface area contributed by atoms with E-state index in [4.69, 9.17) is 32.7 Å². The lowest BCUT2D eigenvalue weighted by molar-refractivity contribution is 0.0876. The second kappa shape index (κ2) is 5.78. The van der Waals surface area contributed by atoms with Crippen molar-refractivity contribution in [3.63, 3.8) is 0 Å². The van der Waals surface area contributed by atoms with Crippen molar-refractivity contribution in [3.05, 3.63) is 58.1 Å². The summed E-state index contributed by atoms with van der Waals surface area (Å²) in [6.45, 7) is 4.42. The molecule has 0 saturated carbocycles. The third-order valence-corrected chi connectivity index (χ3v) is 4.62. The molecule has 0 N–H and O–H groups in total. The third kappa shape index (κ3) is 2.83. The lowest BCUT2D eigenvalue weighted by Crippen LogP contribution is -2.33. The van der Waals surface area contributed by atoms with Crippen LogP contribution in [0, 0.1) is 13.8 Å². The van der Waals surface area contributed by atoms with Gasteiger partial charge in [0.25, 0.3) is 0 Å². The zero-order valence-corrected chi connectivity index (χ0v) is 13.4. The molecule has 0 spiro atoms. The van der Waals surface area contributed by atoms with Gasteiger partial charge >= 0.3 is 0 Å². The predicted octanol–water partition coefficient (Wildman–Crippen LogP) is 5.08. The Morgan fingerprint density at radius 2 is 1.81 bits per heavy atom. The van der Waals surface area contributed by atoms with Crippen molar-refractivity contribution in [2.45, 2.75) is 25.3 Å². The molecule has 0 radical (unpaired) electrons. The average molecular weight is 323 g/mol. The highest BCUT2D eigenvalue weighted by Gasteiger charge is 2.29. The number of hydrogen-bond donors (Lipinski definition) is 0. The van der Waals surface area contributed by atoms with Gasteiger partial charge in [0.15, 0.2) is 17.6 Å². The smallest absolute Gasteiger partial charge is 0.161 e. The Kier molecular flexibility index (Phi) is 4.01. The number of fused-ring (bicyclic) bond motifs is 1. The van der Waals surface area contributed by atoms with Crippen LogP contribution in [-0.2, 0) is 0 Å². The second-order valence-electron chi connectivity index (χ2n) is 5.27. The third-order valence-electron chi connectivity index (χ3n) is 3.70. The molecule has 2 aromatic carbocycles. The number of hydrogen-bond acceptors (Lipinski definition) is 2. The Morgan fingerprint density at radius 1 is 1.10 bits per heavy atom. The maximum atomic E-state index is 6.63. The van der Waals surface area contributed by atoms with E-state index in [-0.39, 0.29) is 11.5 Å². The van der Waals surface area contributed by atoms with Gasteiger partial charge in [0.1, 0.15) is 6.61 Å². The van der Waals surface area contributed by atoms with Crippen molar-refractivity contribution in [1.29, 1.82) is 0 Å². The van der Waals surface area contributed by atoms with Crippen molar-refractivity contribution in [2.24, 2.45) is 0 Å². The first-order valence-corrected chi connectivity index (χ1v) is 7.67. The van der Waals surface area contributed by atoms with E-state index in [0.29, 0.717) is 6.61 Å². The summed E-state index contributed by atoms with van der Waals surface area (Å²) in [5.41, 5.74) is 3.11. The summed E-state index contributed by atoms with van der Waals surface area (Å²) in [6.07, 6.45) is -0.221. The van der Waals surface area contributed by atoms with Crippen LogP contribution in [0.1, 0.15) is 22.1 Å². The first kappa shape index (κ1) is 14.6. The van der Waals surface area contributed by atoms with Gasteiger partial charge in [-0.3, -0.25) is 0 Å². The fourth-order valence-electron chi connectivity index (χ4n) is 2.48. The van der Waals surface area contributed by atoms with Gasteiger partial charge in [0.2, 0.25) is 0 Å². The maximum absolute atomic E-state index is 6.63. The standard InChI is InChI=1S/C17H16Cl2O2/c1-10-8-13(18)11(2)7-12(10)17(19)16-9-20-14-5-3-4-6-15(14)21-16/h3-8,16-17H,9H2,1-2H3. The molecule has 1 heterocycles. The molecule has 0 aromatic heterocycles. The summed E-state index contributed by atoms with van der Waals surface area (Å²) in [7, 11) is 0. The summed E-state index contributed by atoms with van der Waals surface area (Å²) in [5.74, 6) is 1.50. The zero-order valence-electron chi connectivity index (χ0n) is 11.9. The first-order chi connectivity index (χ1) is 10.1. The highest BCUT2D eigenvalue weighted by molar-refractivity contribution is 6.31. The van der Waals surface area contributed by atoms with E-state index in [0.717, 1.165) is 33.2 Å². The molecule has 0 saturated heterocycles. The molecule has 0 fully saturated rings. The molecule has 2 atom stereocenters. The van der Waals surface area contributed by atoms with Crippen LogP contribution in [0.15, 0.2) is 36.4 Å². The van der Waals surface area contributed by atoms with Gasteiger partial charge in [-0.15, -0.1) is 11.6 Å². The number of alkyl halides is 1.